The maximum absolute atomic E-state index is 13.0. The van der Waals surface area contributed by atoms with E-state index in [1.54, 1.807) is 24.3 Å². The average molecular weight is 382 g/mol. The number of amides is 2. The molecule has 2 aromatic rings. The number of nitrogens with one attached hydrogen (secondary N) is 2. The van der Waals surface area contributed by atoms with Crippen molar-refractivity contribution in [2.75, 3.05) is 16.4 Å². The Morgan fingerprint density at radius 2 is 1.62 bits per heavy atom. The van der Waals surface area contributed by atoms with Crippen LogP contribution in [-0.4, -0.2) is 22.8 Å². The van der Waals surface area contributed by atoms with Gasteiger partial charge in [0, 0.05) is 5.69 Å². The second kappa shape index (κ2) is 8.75. The molecule has 0 saturated carbocycles. The van der Waals surface area contributed by atoms with E-state index < -0.39 is 22.9 Å². The zero-order valence-corrected chi connectivity index (χ0v) is 14.7. The predicted octanol–water partition coefficient (Wildman–Crippen LogP) is 4.40. The lowest BCUT2D eigenvalue weighted by molar-refractivity contribution is -0.137. The standard InChI is InChI=1S/C18H17F3N2O2S/c1-12(26-11-16(24)22-13-7-3-2-4-8-13)17(25)23-15-10-6-5-9-14(15)18(19,20)21/h2-10,12H,11H2,1H3,(H,22,24)(H,23,25)/t12-/m1/s1. The van der Waals surface area contributed by atoms with Gasteiger partial charge < -0.3 is 10.6 Å². The molecule has 0 heterocycles. The van der Waals surface area contributed by atoms with Crippen LogP contribution < -0.4 is 10.6 Å². The first kappa shape index (κ1) is 19.8. The molecule has 26 heavy (non-hydrogen) atoms. The molecule has 138 valence electrons. The Morgan fingerprint density at radius 1 is 1.00 bits per heavy atom. The number of rotatable bonds is 6. The van der Waals surface area contributed by atoms with Crippen LogP contribution in [0.1, 0.15) is 12.5 Å². The first-order valence-corrected chi connectivity index (χ1v) is 8.76. The van der Waals surface area contributed by atoms with Crippen LogP contribution in [-0.2, 0) is 15.8 Å². The Bertz CT molecular complexity index is 767. The van der Waals surface area contributed by atoms with Crippen LogP contribution in [0.3, 0.4) is 0 Å². The lowest BCUT2D eigenvalue weighted by atomic mass is 10.1. The number of anilines is 2. The third-order valence-electron chi connectivity index (χ3n) is 3.38. The highest BCUT2D eigenvalue weighted by atomic mass is 32.2. The molecule has 0 aliphatic carbocycles. The minimum atomic E-state index is -4.56. The summed E-state index contributed by atoms with van der Waals surface area (Å²) < 4.78 is 38.9. The van der Waals surface area contributed by atoms with Crippen molar-refractivity contribution in [3.8, 4) is 0 Å². The van der Waals surface area contributed by atoms with Crippen molar-refractivity contribution in [2.45, 2.75) is 18.3 Å². The van der Waals surface area contributed by atoms with E-state index in [-0.39, 0.29) is 17.3 Å². The second-order valence-corrected chi connectivity index (χ2v) is 6.73. The number of carbonyl (C=O) groups excluding carboxylic acids is 2. The fourth-order valence-electron chi connectivity index (χ4n) is 2.07. The van der Waals surface area contributed by atoms with Gasteiger partial charge in [0.05, 0.1) is 22.3 Å². The molecule has 0 aromatic heterocycles. The molecule has 0 saturated heterocycles. The first-order valence-electron chi connectivity index (χ1n) is 7.71. The van der Waals surface area contributed by atoms with Gasteiger partial charge in [-0.2, -0.15) is 13.2 Å². The molecule has 2 rings (SSSR count). The minimum absolute atomic E-state index is 0.00436. The third kappa shape index (κ3) is 5.80. The van der Waals surface area contributed by atoms with Crippen molar-refractivity contribution >= 4 is 35.0 Å². The largest absolute Gasteiger partial charge is 0.418 e. The van der Waals surface area contributed by atoms with E-state index in [1.165, 1.54) is 25.1 Å². The van der Waals surface area contributed by atoms with E-state index in [1.807, 2.05) is 6.07 Å². The maximum atomic E-state index is 13.0. The summed E-state index contributed by atoms with van der Waals surface area (Å²) in [4.78, 5) is 24.0. The molecule has 0 aliphatic heterocycles. The van der Waals surface area contributed by atoms with Crippen molar-refractivity contribution in [1.82, 2.24) is 0 Å². The number of hydrogen-bond donors (Lipinski definition) is 2. The molecular formula is C18H17F3N2O2S. The smallest absolute Gasteiger partial charge is 0.325 e. The van der Waals surface area contributed by atoms with Gasteiger partial charge >= 0.3 is 6.18 Å². The van der Waals surface area contributed by atoms with Crippen molar-refractivity contribution in [1.29, 1.82) is 0 Å². The monoisotopic (exact) mass is 382 g/mol. The number of thioether (sulfide) groups is 1. The van der Waals surface area contributed by atoms with E-state index in [2.05, 4.69) is 10.6 Å². The molecule has 0 radical (unpaired) electrons. The summed E-state index contributed by atoms with van der Waals surface area (Å²) in [5, 5.41) is 4.26. The lowest BCUT2D eigenvalue weighted by Gasteiger charge is -2.16. The molecule has 0 fully saturated rings. The van der Waals surface area contributed by atoms with Gasteiger partial charge in [-0.05, 0) is 31.2 Å². The Labute approximate surface area is 153 Å². The number of benzene rings is 2. The lowest BCUT2D eigenvalue weighted by Crippen LogP contribution is -2.26. The van der Waals surface area contributed by atoms with Gasteiger partial charge in [-0.25, -0.2) is 0 Å². The van der Waals surface area contributed by atoms with Gasteiger partial charge in [0.2, 0.25) is 11.8 Å². The predicted molar refractivity (Wildman–Crippen MR) is 97.1 cm³/mol. The first-order chi connectivity index (χ1) is 12.3. The Hall–Kier alpha value is -2.48. The van der Waals surface area contributed by atoms with Gasteiger partial charge in [0.25, 0.3) is 0 Å². The van der Waals surface area contributed by atoms with E-state index in [0.29, 0.717) is 5.69 Å². The summed E-state index contributed by atoms with van der Waals surface area (Å²) >= 11 is 1.04. The minimum Gasteiger partial charge on any atom is -0.325 e. The van der Waals surface area contributed by atoms with Gasteiger partial charge in [-0.15, -0.1) is 11.8 Å². The maximum Gasteiger partial charge on any atom is 0.418 e. The molecule has 1 atom stereocenters. The molecular weight excluding hydrogens is 365 g/mol. The molecule has 0 bridgehead atoms. The fourth-order valence-corrected chi connectivity index (χ4v) is 2.75. The normalized spacial score (nSPS) is 12.3. The summed E-state index contributed by atoms with van der Waals surface area (Å²) in [5.74, 6) is -0.888. The summed E-state index contributed by atoms with van der Waals surface area (Å²) in [6.45, 7) is 1.53. The van der Waals surface area contributed by atoms with Crippen molar-refractivity contribution in [3.63, 3.8) is 0 Å². The molecule has 0 aliphatic rings. The number of halogens is 3. The average Bonchev–Trinajstić information content (AvgIpc) is 2.60. The van der Waals surface area contributed by atoms with Crippen LogP contribution in [0.5, 0.6) is 0 Å². The highest BCUT2D eigenvalue weighted by Crippen LogP contribution is 2.34. The van der Waals surface area contributed by atoms with Crippen LogP contribution in [0, 0.1) is 0 Å². The van der Waals surface area contributed by atoms with Crippen LogP contribution in [0.2, 0.25) is 0 Å². The summed E-state index contributed by atoms with van der Waals surface area (Å²) in [5.41, 5.74) is -0.576. The van der Waals surface area contributed by atoms with E-state index in [0.717, 1.165) is 17.8 Å². The van der Waals surface area contributed by atoms with E-state index >= 15 is 0 Å². The third-order valence-corrected chi connectivity index (χ3v) is 4.52. The Kier molecular flexibility index (Phi) is 6.68. The highest BCUT2D eigenvalue weighted by Gasteiger charge is 2.33. The van der Waals surface area contributed by atoms with Crippen LogP contribution in [0.25, 0.3) is 0 Å². The van der Waals surface area contributed by atoms with Crippen LogP contribution >= 0.6 is 11.8 Å². The van der Waals surface area contributed by atoms with Gasteiger partial charge in [0.1, 0.15) is 0 Å². The summed E-state index contributed by atoms with van der Waals surface area (Å²) in [6, 6.07) is 13.6. The van der Waals surface area contributed by atoms with E-state index in [9.17, 15) is 22.8 Å². The molecule has 8 heteroatoms. The molecule has 4 nitrogen and oxygen atoms in total. The fraction of sp³-hybridized carbons (Fsp3) is 0.222. The summed E-state index contributed by atoms with van der Waals surface area (Å²) in [7, 11) is 0. The summed E-state index contributed by atoms with van der Waals surface area (Å²) in [6.07, 6.45) is -4.56. The molecule has 2 aromatic carbocycles. The van der Waals surface area contributed by atoms with Crippen LogP contribution in [0.15, 0.2) is 54.6 Å². The van der Waals surface area contributed by atoms with Crippen LogP contribution in [0.4, 0.5) is 24.5 Å². The highest BCUT2D eigenvalue weighted by molar-refractivity contribution is 8.01. The molecule has 0 unspecified atom stereocenters. The number of hydrogen-bond acceptors (Lipinski definition) is 3. The number of para-hydroxylation sites is 2. The van der Waals surface area contributed by atoms with Gasteiger partial charge in [-0.1, -0.05) is 30.3 Å². The molecule has 2 N–H and O–H groups in total. The van der Waals surface area contributed by atoms with Gasteiger partial charge in [0.15, 0.2) is 0 Å². The van der Waals surface area contributed by atoms with Crippen molar-refractivity contribution in [2.24, 2.45) is 0 Å². The molecule has 2 amide bonds. The Balaban J connectivity index is 1.89. The quantitative estimate of drug-likeness (QED) is 0.778. The molecule has 0 spiro atoms. The zero-order chi connectivity index (χ0) is 19.2. The zero-order valence-electron chi connectivity index (χ0n) is 13.8. The SMILES string of the molecule is C[C@@H](SCC(=O)Nc1ccccc1)C(=O)Nc1ccccc1C(F)(F)F. The van der Waals surface area contributed by atoms with Crippen molar-refractivity contribution in [3.05, 3.63) is 60.2 Å². The van der Waals surface area contributed by atoms with E-state index in [4.69, 9.17) is 0 Å². The van der Waals surface area contributed by atoms with Crippen molar-refractivity contribution < 1.29 is 22.8 Å². The number of carbonyl (C=O) groups is 2. The van der Waals surface area contributed by atoms with Gasteiger partial charge in [-0.3, -0.25) is 9.59 Å². The topological polar surface area (TPSA) is 58.2 Å². The Morgan fingerprint density at radius 3 is 2.27 bits per heavy atom. The number of alkyl halides is 3. The second-order valence-electron chi connectivity index (χ2n) is 5.40.